The second kappa shape index (κ2) is 8.32. The third-order valence-electron chi connectivity index (χ3n) is 10.5. The van der Waals surface area contributed by atoms with E-state index in [-0.39, 0.29) is 34.7 Å². The van der Waals surface area contributed by atoms with Crippen LogP contribution in [0.15, 0.2) is 11.6 Å². The molecule has 0 aromatic carbocycles. The fourth-order valence-corrected chi connectivity index (χ4v) is 8.81. The summed E-state index contributed by atoms with van der Waals surface area (Å²) in [4.78, 5) is 25.6. The fourth-order valence-electron chi connectivity index (χ4n) is 8.81. The lowest BCUT2D eigenvalue weighted by atomic mass is 9.43. The van der Waals surface area contributed by atoms with Crippen LogP contribution in [0.4, 0.5) is 0 Å². The first-order valence-corrected chi connectivity index (χ1v) is 12.6. The number of hydrogen-bond donors (Lipinski definition) is 1. The molecule has 3 unspecified atom stereocenters. The Bertz CT molecular complexity index is 756. The molecule has 31 heavy (non-hydrogen) atoms. The molecule has 0 heterocycles. The summed E-state index contributed by atoms with van der Waals surface area (Å²) in [6.45, 7) is 9.18. The molecule has 1 N–H and O–H groups in total. The Labute approximate surface area is 188 Å². The number of carbonyl (C=O) groups excluding carboxylic acids is 2. The first-order chi connectivity index (χ1) is 14.7. The number of esters is 1. The highest BCUT2D eigenvalue weighted by molar-refractivity contribution is 5.99. The van der Waals surface area contributed by atoms with Crippen LogP contribution in [0.25, 0.3) is 0 Å². The third-order valence-corrected chi connectivity index (χ3v) is 10.5. The highest BCUT2D eigenvalue weighted by Crippen LogP contribution is 2.68. The Morgan fingerprint density at radius 1 is 1.16 bits per heavy atom. The largest absolute Gasteiger partial charge is 0.469 e. The average Bonchev–Trinajstić information content (AvgIpc) is 3.10. The molecule has 174 valence electrons. The van der Waals surface area contributed by atoms with Gasteiger partial charge in [-0.1, -0.05) is 26.8 Å². The predicted molar refractivity (Wildman–Crippen MR) is 121 cm³/mol. The summed E-state index contributed by atoms with van der Waals surface area (Å²) in [5.74, 6) is 2.57. The van der Waals surface area contributed by atoms with Crippen molar-refractivity contribution >= 4 is 11.8 Å². The second-order valence-corrected chi connectivity index (χ2v) is 11.7. The number of aliphatic hydroxyl groups excluding tert-OH is 1. The van der Waals surface area contributed by atoms with E-state index in [0.29, 0.717) is 35.9 Å². The van der Waals surface area contributed by atoms with Crippen LogP contribution < -0.4 is 0 Å². The molecule has 0 saturated heterocycles. The SMILES string of the molecule is C/C=C1\C(=O)C2C3CC[C@H]([C@H](C)CCC(=O)OC)[C@@]3(C)CCC2[C@@]2(C)CC[C@@H](O)C[C@@H]12. The highest BCUT2D eigenvalue weighted by atomic mass is 16.5. The number of carbonyl (C=O) groups is 2. The maximum atomic E-state index is 13.9. The van der Waals surface area contributed by atoms with E-state index in [0.717, 1.165) is 44.1 Å². The molecule has 4 aliphatic carbocycles. The number of methoxy groups -OCH3 is 1. The summed E-state index contributed by atoms with van der Waals surface area (Å²) in [6.07, 6.45) is 10.4. The van der Waals surface area contributed by atoms with Crippen molar-refractivity contribution in [1.82, 2.24) is 0 Å². The molecule has 0 aliphatic heterocycles. The van der Waals surface area contributed by atoms with Crippen LogP contribution in [-0.4, -0.2) is 30.1 Å². The van der Waals surface area contributed by atoms with E-state index in [1.165, 1.54) is 20.0 Å². The minimum atomic E-state index is -0.266. The lowest BCUT2D eigenvalue weighted by Crippen LogP contribution is -2.58. The Balaban J connectivity index is 1.61. The molecule has 4 heteroatoms. The van der Waals surface area contributed by atoms with Crippen molar-refractivity contribution in [2.75, 3.05) is 7.11 Å². The Kier molecular flexibility index (Phi) is 6.17. The van der Waals surface area contributed by atoms with Crippen LogP contribution in [0.2, 0.25) is 0 Å². The van der Waals surface area contributed by atoms with E-state index < -0.39 is 0 Å². The number of aliphatic hydroxyl groups is 1. The van der Waals surface area contributed by atoms with Gasteiger partial charge in [-0.2, -0.15) is 0 Å². The zero-order valence-corrected chi connectivity index (χ0v) is 20.2. The standard InChI is InChI=1S/C27H42O4/c1-6-18-22-15-17(28)11-13-27(22,4)21-12-14-26(3)19(16(2)7-10-23(29)31-5)8-9-20(26)24(21)25(18)30/h6,16-17,19-22,24,28H,7-15H2,1-5H3/b18-6-/t16-,17-,19-,20?,21?,22+,24?,26-,27-/m1/s1. The molecule has 0 radical (unpaired) electrons. The average molecular weight is 431 g/mol. The number of ketones is 1. The van der Waals surface area contributed by atoms with Gasteiger partial charge in [-0.3, -0.25) is 9.59 Å². The predicted octanol–water partition coefficient (Wildman–Crippen LogP) is 5.33. The molecular weight excluding hydrogens is 388 g/mol. The number of fused-ring (bicyclic) bond motifs is 5. The minimum absolute atomic E-state index is 0.117. The van der Waals surface area contributed by atoms with Gasteiger partial charge in [0.25, 0.3) is 0 Å². The van der Waals surface area contributed by atoms with Gasteiger partial charge in [0, 0.05) is 12.3 Å². The molecule has 0 spiro atoms. The molecule has 0 aromatic rings. The van der Waals surface area contributed by atoms with E-state index in [9.17, 15) is 14.7 Å². The molecule has 9 atom stereocenters. The van der Waals surface area contributed by atoms with Gasteiger partial charge in [-0.05, 0) is 104 Å². The Hall–Kier alpha value is -1.16. The first-order valence-electron chi connectivity index (χ1n) is 12.6. The van der Waals surface area contributed by atoms with E-state index in [1.807, 2.05) is 6.92 Å². The Morgan fingerprint density at radius 2 is 1.84 bits per heavy atom. The van der Waals surface area contributed by atoms with Crippen LogP contribution >= 0.6 is 0 Å². The summed E-state index contributed by atoms with van der Waals surface area (Å²) in [5, 5.41) is 10.4. The Morgan fingerprint density at radius 3 is 2.52 bits per heavy atom. The van der Waals surface area contributed by atoms with Gasteiger partial charge in [-0.25, -0.2) is 0 Å². The van der Waals surface area contributed by atoms with Crippen LogP contribution in [0, 0.1) is 46.3 Å². The molecule has 4 saturated carbocycles. The molecule has 4 rings (SSSR count). The molecular formula is C27H42O4. The van der Waals surface area contributed by atoms with Crippen molar-refractivity contribution in [1.29, 1.82) is 0 Å². The maximum absolute atomic E-state index is 13.9. The van der Waals surface area contributed by atoms with Crippen LogP contribution in [0.1, 0.15) is 85.5 Å². The smallest absolute Gasteiger partial charge is 0.305 e. The molecule has 4 aliphatic rings. The summed E-state index contributed by atoms with van der Waals surface area (Å²) >= 11 is 0. The number of ether oxygens (including phenoxy) is 1. The van der Waals surface area contributed by atoms with Crippen molar-refractivity contribution in [3.05, 3.63) is 11.6 Å². The van der Waals surface area contributed by atoms with Crippen molar-refractivity contribution in [3.63, 3.8) is 0 Å². The zero-order valence-electron chi connectivity index (χ0n) is 20.2. The fraction of sp³-hybridized carbons (Fsp3) is 0.852. The van der Waals surface area contributed by atoms with E-state index in [1.54, 1.807) is 0 Å². The van der Waals surface area contributed by atoms with Crippen molar-refractivity contribution in [3.8, 4) is 0 Å². The van der Waals surface area contributed by atoms with Crippen LogP contribution in [0.5, 0.6) is 0 Å². The van der Waals surface area contributed by atoms with Gasteiger partial charge in [0.1, 0.15) is 0 Å². The highest BCUT2D eigenvalue weighted by Gasteiger charge is 2.64. The zero-order chi connectivity index (χ0) is 22.6. The molecule has 4 nitrogen and oxygen atoms in total. The third kappa shape index (κ3) is 3.52. The maximum Gasteiger partial charge on any atom is 0.305 e. The topological polar surface area (TPSA) is 63.6 Å². The summed E-state index contributed by atoms with van der Waals surface area (Å²) in [6, 6.07) is 0. The van der Waals surface area contributed by atoms with Gasteiger partial charge in [0.05, 0.1) is 13.2 Å². The number of hydrogen-bond acceptors (Lipinski definition) is 4. The van der Waals surface area contributed by atoms with Gasteiger partial charge in [0.2, 0.25) is 0 Å². The number of Topliss-reactive ketones (excluding diaryl/α,β-unsaturated/α-hetero) is 1. The molecule has 4 fully saturated rings. The molecule has 0 amide bonds. The second-order valence-electron chi connectivity index (χ2n) is 11.7. The number of allylic oxidation sites excluding steroid dienone is 2. The van der Waals surface area contributed by atoms with Gasteiger partial charge >= 0.3 is 5.97 Å². The monoisotopic (exact) mass is 430 g/mol. The van der Waals surface area contributed by atoms with Gasteiger partial charge < -0.3 is 9.84 Å². The first kappa shape index (κ1) is 23.0. The molecule has 0 bridgehead atoms. The normalized spacial score (nSPS) is 46.8. The van der Waals surface area contributed by atoms with E-state index in [2.05, 4.69) is 26.8 Å². The summed E-state index contributed by atoms with van der Waals surface area (Å²) in [5.41, 5.74) is 1.33. The van der Waals surface area contributed by atoms with Gasteiger partial charge in [0.15, 0.2) is 5.78 Å². The van der Waals surface area contributed by atoms with Crippen molar-refractivity contribution in [2.45, 2.75) is 91.6 Å². The van der Waals surface area contributed by atoms with Crippen molar-refractivity contribution < 1.29 is 19.4 Å². The lowest BCUT2D eigenvalue weighted by molar-refractivity contribution is -0.150. The lowest BCUT2D eigenvalue weighted by Gasteiger charge is -2.61. The summed E-state index contributed by atoms with van der Waals surface area (Å²) < 4.78 is 4.87. The van der Waals surface area contributed by atoms with E-state index >= 15 is 0 Å². The quantitative estimate of drug-likeness (QED) is 0.484. The van der Waals surface area contributed by atoms with Crippen LogP contribution in [-0.2, 0) is 14.3 Å². The van der Waals surface area contributed by atoms with E-state index in [4.69, 9.17) is 4.74 Å². The minimum Gasteiger partial charge on any atom is -0.469 e. The summed E-state index contributed by atoms with van der Waals surface area (Å²) in [7, 11) is 1.47. The number of rotatable bonds is 4. The van der Waals surface area contributed by atoms with Crippen LogP contribution in [0.3, 0.4) is 0 Å². The van der Waals surface area contributed by atoms with Gasteiger partial charge in [-0.15, -0.1) is 0 Å². The van der Waals surface area contributed by atoms with Crippen molar-refractivity contribution in [2.24, 2.45) is 46.3 Å². The molecule has 0 aromatic heterocycles.